The van der Waals surface area contributed by atoms with Gasteiger partial charge in [0.15, 0.2) is 0 Å². The molecule has 1 amide bonds. The molecule has 1 aromatic heterocycles. The quantitative estimate of drug-likeness (QED) is 0.648. The number of pyridine rings is 1. The molecule has 0 saturated heterocycles. The van der Waals surface area contributed by atoms with Crippen molar-refractivity contribution in [3.05, 3.63) is 89.6 Å². The van der Waals surface area contributed by atoms with Gasteiger partial charge in [0.1, 0.15) is 6.10 Å². The number of nitrogens with zero attached hydrogens (tertiary/aromatic N) is 1. The van der Waals surface area contributed by atoms with Crippen molar-refractivity contribution < 1.29 is 23.1 Å². The number of nitrogens with one attached hydrogen (secondary N) is 1. The smallest absolute Gasteiger partial charge is 0.384 e. The first-order valence-corrected chi connectivity index (χ1v) is 8.43. The molecule has 2 aromatic carbocycles. The number of fused-ring (bicyclic) bond motifs is 1. The van der Waals surface area contributed by atoms with E-state index in [1.165, 1.54) is 18.2 Å². The van der Waals surface area contributed by atoms with E-state index in [1.54, 1.807) is 30.5 Å². The van der Waals surface area contributed by atoms with Gasteiger partial charge in [-0.15, -0.1) is 0 Å². The second-order valence-corrected chi connectivity index (χ2v) is 6.16. The van der Waals surface area contributed by atoms with E-state index >= 15 is 0 Å². The maximum absolute atomic E-state index is 12.7. The summed E-state index contributed by atoms with van der Waals surface area (Å²) in [6.45, 7) is 3.65. The van der Waals surface area contributed by atoms with Crippen LogP contribution in [0, 0.1) is 0 Å². The second-order valence-electron chi connectivity index (χ2n) is 6.16. The average molecular weight is 386 g/mol. The van der Waals surface area contributed by atoms with Crippen LogP contribution in [0.25, 0.3) is 10.9 Å². The monoisotopic (exact) mass is 386 g/mol. The van der Waals surface area contributed by atoms with Gasteiger partial charge in [-0.3, -0.25) is 9.78 Å². The number of carbonyl (C=O) groups is 1. The van der Waals surface area contributed by atoms with Crippen molar-refractivity contribution in [2.75, 3.05) is 0 Å². The third-order valence-electron chi connectivity index (χ3n) is 4.38. The molecule has 3 rings (SSSR count). The Morgan fingerprint density at radius 3 is 2.54 bits per heavy atom. The highest BCUT2D eigenvalue weighted by atomic mass is 19.4. The molecule has 0 aliphatic rings. The van der Waals surface area contributed by atoms with Crippen molar-refractivity contribution in [3.63, 3.8) is 0 Å². The number of amides is 1. The summed E-state index contributed by atoms with van der Waals surface area (Å²) in [5, 5.41) is 14.1. The van der Waals surface area contributed by atoms with E-state index in [4.69, 9.17) is 0 Å². The zero-order valence-electron chi connectivity index (χ0n) is 14.7. The topological polar surface area (TPSA) is 62.2 Å². The first-order valence-electron chi connectivity index (χ1n) is 8.43. The molecule has 2 N–H and O–H groups in total. The van der Waals surface area contributed by atoms with Crippen LogP contribution in [0.2, 0.25) is 0 Å². The molecule has 3 aromatic rings. The minimum atomic E-state index is -4.44. The van der Waals surface area contributed by atoms with Gasteiger partial charge in [0.05, 0.1) is 11.1 Å². The number of halogens is 3. The van der Waals surface area contributed by atoms with Gasteiger partial charge in [-0.1, -0.05) is 36.9 Å². The zero-order valence-corrected chi connectivity index (χ0v) is 14.7. The van der Waals surface area contributed by atoms with E-state index in [0.717, 1.165) is 23.1 Å². The SMILES string of the molecule is C=CC(=O)NCc1ccc(C(O)c2ccc(C(F)(F)F)cc2)c2ncccc12. The summed E-state index contributed by atoms with van der Waals surface area (Å²) < 4.78 is 38.2. The Kier molecular flexibility index (Phi) is 5.46. The predicted molar refractivity (Wildman–Crippen MR) is 99.3 cm³/mol. The average Bonchev–Trinajstić information content (AvgIpc) is 2.70. The molecule has 1 heterocycles. The van der Waals surface area contributed by atoms with E-state index in [0.29, 0.717) is 16.6 Å². The molecule has 1 atom stereocenters. The third kappa shape index (κ3) is 4.04. The van der Waals surface area contributed by atoms with Gasteiger partial charge < -0.3 is 10.4 Å². The summed E-state index contributed by atoms with van der Waals surface area (Å²) in [7, 11) is 0. The number of aliphatic hydroxyl groups is 1. The van der Waals surface area contributed by atoms with Crippen LogP contribution in [-0.2, 0) is 17.5 Å². The third-order valence-corrected chi connectivity index (χ3v) is 4.38. The Bertz CT molecular complexity index is 1010. The van der Waals surface area contributed by atoms with Crippen LogP contribution in [0.4, 0.5) is 13.2 Å². The van der Waals surface area contributed by atoms with Gasteiger partial charge >= 0.3 is 6.18 Å². The highest BCUT2D eigenvalue weighted by Gasteiger charge is 2.30. The molecule has 28 heavy (non-hydrogen) atoms. The minimum absolute atomic E-state index is 0.254. The summed E-state index contributed by atoms with van der Waals surface area (Å²) in [4.78, 5) is 15.7. The Morgan fingerprint density at radius 1 is 1.18 bits per heavy atom. The number of aliphatic hydroxyl groups excluding tert-OH is 1. The number of rotatable bonds is 5. The molecule has 0 aliphatic heterocycles. The van der Waals surface area contributed by atoms with E-state index < -0.39 is 17.8 Å². The van der Waals surface area contributed by atoms with E-state index in [2.05, 4.69) is 16.9 Å². The number of alkyl halides is 3. The summed E-state index contributed by atoms with van der Waals surface area (Å²) in [5.74, 6) is -0.314. The lowest BCUT2D eigenvalue weighted by atomic mass is 9.95. The fourth-order valence-electron chi connectivity index (χ4n) is 2.92. The highest BCUT2D eigenvalue weighted by Crippen LogP contribution is 2.33. The van der Waals surface area contributed by atoms with Gasteiger partial charge in [-0.2, -0.15) is 13.2 Å². The van der Waals surface area contributed by atoms with Crippen molar-refractivity contribution in [2.45, 2.75) is 18.8 Å². The lowest BCUT2D eigenvalue weighted by molar-refractivity contribution is -0.137. The molecule has 0 saturated carbocycles. The van der Waals surface area contributed by atoms with Crippen LogP contribution in [0.1, 0.15) is 28.4 Å². The Hall–Kier alpha value is -3.19. The van der Waals surface area contributed by atoms with Gasteiger partial charge in [0, 0.05) is 23.7 Å². The molecule has 0 spiro atoms. The summed E-state index contributed by atoms with van der Waals surface area (Å²) in [6.07, 6.45) is -2.84. The van der Waals surface area contributed by atoms with Crippen LogP contribution in [0.3, 0.4) is 0 Å². The number of aromatic nitrogens is 1. The minimum Gasteiger partial charge on any atom is -0.384 e. The van der Waals surface area contributed by atoms with Gasteiger partial charge in [0.2, 0.25) is 5.91 Å². The first-order chi connectivity index (χ1) is 13.3. The molecular formula is C21H17F3N2O2. The number of hydrogen-bond donors (Lipinski definition) is 2. The van der Waals surface area contributed by atoms with Gasteiger partial charge in [-0.05, 0) is 35.4 Å². The standard InChI is InChI=1S/C21H17F3N2O2/c1-2-18(27)26-12-14-7-10-17(19-16(14)4-3-11-25-19)20(28)13-5-8-15(9-6-13)21(22,23)24/h2-11,20,28H,1,12H2,(H,26,27). The Morgan fingerprint density at radius 2 is 1.89 bits per heavy atom. The maximum atomic E-state index is 12.7. The van der Waals surface area contributed by atoms with Crippen LogP contribution in [0.5, 0.6) is 0 Å². The Balaban J connectivity index is 1.97. The van der Waals surface area contributed by atoms with E-state index in [-0.39, 0.29) is 12.5 Å². The molecule has 1 unspecified atom stereocenters. The van der Waals surface area contributed by atoms with Crippen molar-refractivity contribution in [2.24, 2.45) is 0 Å². The molecule has 0 bridgehead atoms. The van der Waals surface area contributed by atoms with Crippen molar-refractivity contribution in [1.29, 1.82) is 0 Å². The fourth-order valence-corrected chi connectivity index (χ4v) is 2.92. The van der Waals surface area contributed by atoms with Gasteiger partial charge in [-0.25, -0.2) is 0 Å². The van der Waals surface area contributed by atoms with Crippen molar-refractivity contribution in [1.82, 2.24) is 10.3 Å². The molecular weight excluding hydrogens is 369 g/mol. The van der Waals surface area contributed by atoms with Crippen molar-refractivity contribution in [3.8, 4) is 0 Å². The van der Waals surface area contributed by atoms with Gasteiger partial charge in [0.25, 0.3) is 0 Å². The second kappa shape index (κ2) is 7.82. The predicted octanol–water partition coefficient (Wildman–Crippen LogP) is 4.14. The van der Waals surface area contributed by atoms with E-state index in [9.17, 15) is 23.1 Å². The lowest BCUT2D eigenvalue weighted by Gasteiger charge is -2.16. The molecule has 7 heteroatoms. The highest BCUT2D eigenvalue weighted by molar-refractivity contribution is 5.88. The summed E-state index contributed by atoms with van der Waals surface area (Å²) >= 11 is 0. The lowest BCUT2D eigenvalue weighted by Crippen LogP contribution is -2.20. The number of carbonyl (C=O) groups excluding carboxylic acids is 1. The Labute approximate surface area is 159 Å². The molecule has 4 nitrogen and oxygen atoms in total. The fraction of sp³-hybridized carbons (Fsp3) is 0.143. The van der Waals surface area contributed by atoms with Crippen LogP contribution in [-0.4, -0.2) is 16.0 Å². The van der Waals surface area contributed by atoms with Crippen LogP contribution >= 0.6 is 0 Å². The maximum Gasteiger partial charge on any atom is 0.416 e. The summed E-state index contributed by atoms with van der Waals surface area (Å²) in [6, 6.07) is 11.3. The molecule has 0 fully saturated rings. The molecule has 144 valence electrons. The number of benzene rings is 2. The van der Waals surface area contributed by atoms with Crippen LogP contribution < -0.4 is 5.32 Å². The van der Waals surface area contributed by atoms with Crippen LogP contribution in [0.15, 0.2) is 67.4 Å². The van der Waals surface area contributed by atoms with E-state index in [1.807, 2.05) is 0 Å². The summed E-state index contributed by atoms with van der Waals surface area (Å²) in [5.41, 5.74) is 1.32. The van der Waals surface area contributed by atoms with Crippen molar-refractivity contribution >= 4 is 16.8 Å². The normalized spacial score (nSPS) is 12.6. The zero-order chi connectivity index (χ0) is 20.3. The molecule has 0 radical (unpaired) electrons. The number of hydrogen-bond acceptors (Lipinski definition) is 3. The largest absolute Gasteiger partial charge is 0.416 e. The first kappa shape index (κ1) is 19.6. The molecule has 0 aliphatic carbocycles.